The number of hydrogen-bond acceptors (Lipinski definition) is 5. The summed E-state index contributed by atoms with van der Waals surface area (Å²) in [4.78, 5) is 25.6. The Bertz CT molecular complexity index is 752. The molecular weight excluding hydrogens is 350 g/mol. The fourth-order valence-corrected chi connectivity index (χ4v) is 3.36. The number of carbonyl (C=O) groups is 1. The lowest BCUT2D eigenvalue weighted by Gasteiger charge is -2.32. The van der Waals surface area contributed by atoms with Crippen molar-refractivity contribution in [1.82, 2.24) is 9.97 Å². The van der Waals surface area contributed by atoms with Crippen molar-refractivity contribution in [3.8, 4) is 0 Å². The first-order chi connectivity index (χ1) is 13.6. The standard InChI is InChI=1S/C22H31N5O/c1-4-5-12-26(3)21-16-23-20(15-24-21)22(28)25-18-6-8-19(9-7-18)27-13-10-17(2)11-14-27/h6-9,15-17H,4-5,10-14H2,1-3H3,(H,25,28). The number of aromatic nitrogens is 2. The first-order valence-electron chi connectivity index (χ1n) is 10.3. The van der Waals surface area contributed by atoms with Crippen molar-refractivity contribution in [1.29, 1.82) is 0 Å². The summed E-state index contributed by atoms with van der Waals surface area (Å²) >= 11 is 0. The van der Waals surface area contributed by atoms with Gasteiger partial charge in [0.2, 0.25) is 0 Å². The van der Waals surface area contributed by atoms with Gasteiger partial charge in [-0.25, -0.2) is 9.97 Å². The Morgan fingerprint density at radius 1 is 1.18 bits per heavy atom. The van der Waals surface area contributed by atoms with E-state index in [9.17, 15) is 4.79 Å². The number of hydrogen-bond donors (Lipinski definition) is 1. The average Bonchev–Trinajstić information content (AvgIpc) is 2.73. The number of nitrogens with one attached hydrogen (secondary N) is 1. The van der Waals surface area contributed by atoms with Gasteiger partial charge in [-0.1, -0.05) is 20.3 Å². The summed E-state index contributed by atoms with van der Waals surface area (Å²) in [5.41, 5.74) is 2.30. The van der Waals surface area contributed by atoms with Gasteiger partial charge in [-0.05, 0) is 49.4 Å². The van der Waals surface area contributed by atoms with E-state index in [1.807, 2.05) is 19.2 Å². The van der Waals surface area contributed by atoms with Gasteiger partial charge in [0.05, 0.1) is 12.4 Å². The maximum absolute atomic E-state index is 12.5. The monoisotopic (exact) mass is 381 g/mol. The maximum Gasteiger partial charge on any atom is 0.275 e. The molecule has 1 N–H and O–H groups in total. The van der Waals surface area contributed by atoms with E-state index >= 15 is 0 Å². The van der Waals surface area contributed by atoms with Gasteiger partial charge in [-0.2, -0.15) is 0 Å². The van der Waals surface area contributed by atoms with Crippen LogP contribution in [0.5, 0.6) is 0 Å². The maximum atomic E-state index is 12.5. The quantitative estimate of drug-likeness (QED) is 0.779. The molecule has 1 aliphatic rings. The molecule has 1 aromatic heterocycles. The molecule has 150 valence electrons. The fourth-order valence-electron chi connectivity index (χ4n) is 3.36. The van der Waals surface area contributed by atoms with Crippen LogP contribution in [-0.2, 0) is 0 Å². The molecule has 3 rings (SSSR count). The molecule has 0 radical (unpaired) electrons. The summed E-state index contributed by atoms with van der Waals surface area (Å²) in [6.45, 7) is 7.60. The normalized spacial score (nSPS) is 14.8. The Kier molecular flexibility index (Phi) is 6.85. The molecule has 0 bridgehead atoms. The minimum Gasteiger partial charge on any atom is -0.372 e. The summed E-state index contributed by atoms with van der Waals surface area (Å²) in [7, 11) is 1.99. The highest BCUT2D eigenvalue weighted by molar-refractivity contribution is 6.02. The molecule has 0 saturated carbocycles. The second-order valence-corrected chi connectivity index (χ2v) is 7.71. The third kappa shape index (κ3) is 5.21. The summed E-state index contributed by atoms with van der Waals surface area (Å²) in [5.74, 6) is 1.36. The van der Waals surface area contributed by atoms with Crippen LogP contribution < -0.4 is 15.1 Å². The van der Waals surface area contributed by atoms with Crippen LogP contribution in [0, 0.1) is 5.92 Å². The van der Waals surface area contributed by atoms with Crippen LogP contribution in [0.2, 0.25) is 0 Å². The Morgan fingerprint density at radius 2 is 1.89 bits per heavy atom. The number of rotatable bonds is 7. The number of unbranched alkanes of at least 4 members (excludes halogenated alkanes) is 1. The van der Waals surface area contributed by atoms with Crippen molar-refractivity contribution in [2.75, 3.05) is 41.8 Å². The van der Waals surface area contributed by atoms with E-state index in [-0.39, 0.29) is 5.91 Å². The lowest BCUT2D eigenvalue weighted by Crippen LogP contribution is -2.32. The molecule has 6 heteroatoms. The first-order valence-corrected chi connectivity index (χ1v) is 10.3. The Morgan fingerprint density at radius 3 is 2.50 bits per heavy atom. The van der Waals surface area contributed by atoms with E-state index in [2.05, 4.69) is 51.1 Å². The Labute approximate surface area is 168 Å². The predicted octanol–water partition coefficient (Wildman–Crippen LogP) is 4.20. The molecule has 1 aliphatic heterocycles. The molecule has 0 aliphatic carbocycles. The molecule has 28 heavy (non-hydrogen) atoms. The molecule has 1 amide bonds. The van der Waals surface area contributed by atoms with Crippen molar-refractivity contribution in [2.45, 2.75) is 39.5 Å². The predicted molar refractivity (Wildman–Crippen MR) is 115 cm³/mol. The van der Waals surface area contributed by atoms with E-state index in [0.29, 0.717) is 5.69 Å². The number of benzene rings is 1. The smallest absolute Gasteiger partial charge is 0.275 e. The van der Waals surface area contributed by atoms with Crippen LogP contribution in [0.1, 0.15) is 50.0 Å². The van der Waals surface area contributed by atoms with E-state index in [0.717, 1.165) is 49.9 Å². The molecule has 2 heterocycles. The minimum absolute atomic E-state index is 0.241. The van der Waals surface area contributed by atoms with Crippen molar-refractivity contribution in [3.63, 3.8) is 0 Å². The summed E-state index contributed by atoms with van der Waals surface area (Å²) in [5, 5.41) is 2.90. The van der Waals surface area contributed by atoms with E-state index in [1.165, 1.54) is 24.7 Å². The zero-order valence-electron chi connectivity index (χ0n) is 17.2. The molecule has 0 spiro atoms. The van der Waals surface area contributed by atoms with Gasteiger partial charge in [0.1, 0.15) is 11.5 Å². The molecule has 0 unspecified atom stereocenters. The van der Waals surface area contributed by atoms with Crippen molar-refractivity contribution >= 4 is 23.1 Å². The van der Waals surface area contributed by atoms with Gasteiger partial charge < -0.3 is 15.1 Å². The van der Waals surface area contributed by atoms with Crippen LogP contribution in [0.3, 0.4) is 0 Å². The van der Waals surface area contributed by atoms with Gasteiger partial charge in [0.15, 0.2) is 0 Å². The first kappa shape index (κ1) is 20.1. The molecule has 1 fully saturated rings. The number of piperidine rings is 1. The number of carbonyl (C=O) groups excluding carboxylic acids is 1. The molecular formula is C22H31N5O. The molecule has 1 saturated heterocycles. The highest BCUT2D eigenvalue weighted by atomic mass is 16.1. The fraction of sp³-hybridized carbons (Fsp3) is 0.500. The van der Waals surface area contributed by atoms with E-state index in [1.54, 1.807) is 6.20 Å². The topological polar surface area (TPSA) is 61.4 Å². The summed E-state index contributed by atoms with van der Waals surface area (Å²) < 4.78 is 0. The summed E-state index contributed by atoms with van der Waals surface area (Å²) in [6.07, 6.45) is 7.91. The third-order valence-corrected chi connectivity index (χ3v) is 5.38. The van der Waals surface area contributed by atoms with Crippen LogP contribution in [-0.4, -0.2) is 42.6 Å². The van der Waals surface area contributed by atoms with Crippen molar-refractivity contribution in [3.05, 3.63) is 42.4 Å². The van der Waals surface area contributed by atoms with Gasteiger partial charge >= 0.3 is 0 Å². The largest absolute Gasteiger partial charge is 0.372 e. The molecule has 0 atom stereocenters. The minimum atomic E-state index is -0.241. The lowest BCUT2D eigenvalue weighted by molar-refractivity contribution is 0.102. The van der Waals surface area contributed by atoms with Crippen molar-refractivity contribution < 1.29 is 4.79 Å². The van der Waals surface area contributed by atoms with Crippen LogP contribution >= 0.6 is 0 Å². The van der Waals surface area contributed by atoms with Gasteiger partial charge in [0, 0.05) is 38.1 Å². The SMILES string of the molecule is CCCCN(C)c1cnc(C(=O)Nc2ccc(N3CCC(C)CC3)cc2)cn1. The average molecular weight is 382 g/mol. The summed E-state index contributed by atoms with van der Waals surface area (Å²) in [6, 6.07) is 8.04. The van der Waals surface area contributed by atoms with Crippen LogP contribution in [0.25, 0.3) is 0 Å². The van der Waals surface area contributed by atoms with Gasteiger partial charge in [-0.3, -0.25) is 4.79 Å². The van der Waals surface area contributed by atoms with Gasteiger partial charge in [0.25, 0.3) is 5.91 Å². The van der Waals surface area contributed by atoms with Gasteiger partial charge in [-0.15, -0.1) is 0 Å². The van der Waals surface area contributed by atoms with Crippen molar-refractivity contribution in [2.24, 2.45) is 5.92 Å². The molecule has 6 nitrogen and oxygen atoms in total. The second kappa shape index (κ2) is 9.53. The molecule has 2 aromatic rings. The second-order valence-electron chi connectivity index (χ2n) is 7.71. The lowest BCUT2D eigenvalue weighted by atomic mass is 9.99. The number of anilines is 3. The third-order valence-electron chi connectivity index (χ3n) is 5.38. The van der Waals surface area contributed by atoms with E-state index < -0.39 is 0 Å². The Balaban J connectivity index is 1.57. The zero-order valence-corrected chi connectivity index (χ0v) is 17.2. The van der Waals surface area contributed by atoms with Crippen LogP contribution in [0.4, 0.5) is 17.2 Å². The zero-order chi connectivity index (χ0) is 19.9. The van der Waals surface area contributed by atoms with Crippen LogP contribution in [0.15, 0.2) is 36.7 Å². The van der Waals surface area contributed by atoms with E-state index in [4.69, 9.17) is 0 Å². The highest BCUT2D eigenvalue weighted by Crippen LogP contribution is 2.24. The highest BCUT2D eigenvalue weighted by Gasteiger charge is 2.16. The Hall–Kier alpha value is -2.63. The molecule has 1 aromatic carbocycles. The number of amides is 1. The number of nitrogens with zero attached hydrogens (tertiary/aromatic N) is 4.